The smallest absolute Gasteiger partial charge is 0.255 e. The van der Waals surface area contributed by atoms with Gasteiger partial charge in [-0.1, -0.05) is 6.42 Å². The number of amides is 1. The van der Waals surface area contributed by atoms with Crippen LogP contribution >= 0.6 is 0 Å². The topological polar surface area (TPSA) is 93.7 Å². The fourth-order valence-corrected chi connectivity index (χ4v) is 5.08. The Bertz CT molecular complexity index is 1100. The highest BCUT2D eigenvalue weighted by atomic mass is 32.2. The van der Waals surface area contributed by atoms with Gasteiger partial charge in [0, 0.05) is 30.2 Å². The predicted molar refractivity (Wildman–Crippen MR) is 114 cm³/mol. The van der Waals surface area contributed by atoms with Crippen LogP contribution in [0.1, 0.15) is 53.6 Å². The SMILES string of the molecule is CNS(=O)(=O)c1cc(C(=O)Nc2ccc3c(c2)OC2(CCCCC2)O3)cc(C)c1C. The van der Waals surface area contributed by atoms with Gasteiger partial charge >= 0.3 is 0 Å². The van der Waals surface area contributed by atoms with Crippen molar-refractivity contribution in [2.24, 2.45) is 0 Å². The van der Waals surface area contributed by atoms with Gasteiger partial charge in [0.1, 0.15) is 0 Å². The third kappa shape index (κ3) is 3.77. The number of carbonyl (C=O) groups is 1. The molecule has 1 heterocycles. The summed E-state index contributed by atoms with van der Waals surface area (Å²) in [4.78, 5) is 12.9. The van der Waals surface area contributed by atoms with Crippen molar-refractivity contribution in [1.29, 1.82) is 0 Å². The molecule has 0 radical (unpaired) electrons. The molecular weight excluding hydrogens is 404 g/mol. The third-order valence-electron chi connectivity index (χ3n) is 5.85. The Morgan fingerprint density at radius 3 is 2.40 bits per heavy atom. The minimum atomic E-state index is -3.67. The Balaban J connectivity index is 1.57. The molecule has 8 heteroatoms. The summed E-state index contributed by atoms with van der Waals surface area (Å²) < 4.78 is 39.1. The molecule has 0 unspecified atom stereocenters. The van der Waals surface area contributed by atoms with E-state index in [9.17, 15) is 13.2 Å². The van der Waals surface area contributed by atoms with Gasteiger partial charge in [-0.3, -0.25) is 4.79 Å². The maximum absolute atomic E-state index is 12.8. The standard InChI is InChI=1S/C22H26N2O5S/c1-14-11-16(12-20(15(14)2)30(26,27)23-3)21(25)24-17-7-8-18-19(13-17)29-22(28-18)9-5-4-6-10-22/h7-8,11-13,23H,4-6,9-10H2,1-3H3,(H,24,25). The van der Waals surface area contributed by atoms with Crippen molar-refractivity contribution in [3.8, 4) is 11.5 Å². The molecule has 1 fully saturated rings. The summed E-state index contributed by atoms with van der Waals surface area (Å²) in [7, 11) is -2.32. The summed E-state index contributed by atoms with van der Waals surface area (Å²) in [6.45, 7) is 3.51. The van der Waals surface area contributed by atoms with Crippen LogP contribution in [0.3, 0.4) is 0 Å². The number of benzene rings is 2. The van der Waals surface area contributed by atoms with Crippen molar-refractivity contribution < 1.29 is 22.7 Å². The molecule has 1 aliphatic heterocycles. The number of rotatable bonds is 4. The Labute approximate surface area is 176 Å². The van der Waals surface area contributed by atoms with E-state index in [1.54, 1.807) is 38.1 Å². The second kappa shape index (κ2) is 7.59. The van der Waals surface area contributed by atoms with Gasteiger partial charge in [-0.15, -0.1) is 0 Å². The van der Waals surface area contributed by atoms with Crippen molar-refractivity contribution in [1.82, 2.24) is 4.72 Å². The summed E-state index contributed by atoms with van der Waals surface area (Å²) in [5.41, 5.74) is 2.17. The number of carbonyl (C=O) groups excluding carboxylic acids is 1. The first kappa shape index (κ1) is 20.7. The maximum Gasteiger partial charge on any atom is 0.255 e. The molecule has 0 aromatic heterocycles. The molecule has 0 bridgehead atoms. The number of hydrogen-bond donors (Lipinski definition) is 2. The highest BCUT2D eigenvalue weighted by molar-refractivity contribution is 7.89. The van der Waals surface area contributed by atoms with E-state index in [2.05, 4.69) is 10.0 Å². The van der Waals surface area contributed by atoms with Gasteiger partial charge in [0.15, 0.2) is 11.5 Å². The molecule has 4 rings (SSSR count). The van der Waals surface area contributed by atoms with E-state index in [4.69, 9.17) is 9.47 Å². The molecule has 2 aromatic rings. The molecule has 2 aliphatic rings. The monoisotopic (exact) mass is 430 g/mol. The first-order chi connectivity index (χ1) is 14.2. The molecule has 1 aliphatic carbocycles. The van der Waals surface area contributed by atoms with Gasteiger partial charge < -0.3 is 14.8 Å². The quantitative estimate of drug-likeness (QED) is 0.767. The Morgan fingerprint density at radius 1 is 1.00 bits per heavy atom. The lowest BCUT2D eigenvalue weighted by atomic mass is 9.94. The van der Waals surface area contributed by atoms with Crippen molar-refractivity contribution in [2.75, 3.05) is 12.4 Å². The van der Waals surface area contributed by atoms with Crippen LogP contribution in [0, 0.1) is 13.8 Å². The minimum Gasteiger partial charge on any atom is -0.448 e. The number of sulfonamides is 1. The second-order valence-corrected chi connectivity index (χ2v) is 9.77. The largest absolute Gasteiger partial charge is 0.448 e. The number of ether oxygens (including phenoxy) is 2. The van der Waals surface area contributed by atoms with Crippen molar-refractivity contribution in [2.45, 2.75) is 56.6 Å². The summed E-state index contributed by atoms with van der Waals surface area (Å²) in [6, 6.07) is 8.39. The van der Waals surface area contributed by atoms with E-state index in [0.717, 1.165) is 31.2 Å². The van der Waals surface area contributed by atoms with Gasteiger partial charge in [0.2, 0.25) is 10.0 Å². The Kier molecular flexibility index (Phi) is 5.23. The minimum absolute atomic E-state index is 0.0973. The zero-order valence-electron chi connectivity index (χ0n) is 17.4. The van der Waals surface area contributed by atoms with E-state index >= 15 is 0 Å². The second-order valence-electron chi connectivity index (χ2n) is 7.91. The first-order valence-electron chi connectivity index (χ1n) is 10.1. The van der Waals surface area contributed by atoms with Gasteiger partial charge in [-0.05, 0) is 69.1 Å². The summed E-state index contributed by atoms with van der Waals surface area (Å²) >= 11 is 0. The van der Waals surface area contributed by atoms with E-state index in [1.807, 2.05) is 0 Å². The van der Waals surface area contributed by atoms with Crippen LogP contribution in [0.4, 0.5) is 5.69 Å². The van der Waals surface area contributed by atoms with E-state index in [-0.39, 0.29) is 10.5 Å². The number of aryl methyl sites for hydroxylation is 1. The normalized spacial score (nSPS) is 17.2. The molecule has 0 atom stereocenters. The number of hydrogen-bond acceptors (Lipinski definition) is 5. The maximum atomic E-state index is 12.8. The Hall–Kier alpha value is -2.58. The molecule has 1 spiro atoms. The molecule has 1 amide bonds. The highest BCUT2D eigenvalue weighted by Gasteiger charge is 2.42. The van der Waals surface area contributed by atoms with Crippen molar-refractivity contribution in [3.63, 3.8) is 0 Å². The van der Waals surface area contributed by atoms with Crippen LogP contribution in [0.25, 0.3) is 0 Å². The van der Waals surface area contributed by atoms with Gasteiger partial charge in [0.05, 0.1) is 4.90 Å². The average molecular weight is 431 g/mol. The fraction of sp³-hybridized carbons (Fsp3) is 0.409. The molecule has 7 nitrogen and oxygen atoms in total. The molecule has 2 N–H and O–H groups in total. The summed E-state index contributed by atoms with van der Waals surface area (Å²) in [6.07, 6.45) is 5.04. The molecule has 0 saturated heterocycles. The van der Waals surface area contributed by atoms with Crippen LogP contribution < -0.4 is 19.5 Å². The first-order valence-corrected chi connectivity index (χ1v) is 11.6. The van der Waals surface area contributed by atoms with Gasteiger partial charge in [-0.25, -0.2) is 13.1 Å². The van der Waals surface area contributed by atoms with Gasteiger partial charge in [-0.2, -0.15) is 0 Å². The zero-order valence-corrected chi connectivity index (χ0v) is 18.2. The summed E-state index contributed by atoms with van der Waals surface area (Å²) in [5, 5.41) is 2.83. The molecular formula is C22H26N2O5S. The highest BCUT2D eigenvalue weighted by Crippen LogP contribution is 2.46. The third-order valence-corrected chi connectivity index (χ3v) is 7.39. The number of nitrogens with one attached hydrogen (secondary N) is 2. The van der Waals surface area contributed by atoms with Crippen LogP contribution in [0.5, 0.6) is 11.5 Å². The lowest BCUT2D eigenvalue weighted by Crippen LogP contribution is -2.40. The van der Waals surface area contributed by atoms with Crippen LogP contribution in [0.15, 0.2) is 35.2 Å². The zero-order chi connectivity index (χ0) is 21.5. The van der Waals surface area contributed by atoms with Gasteiger partial charge in [0.25, 0.3) is 11.7 Å². The van der Waals surface area contributed by atoms with Crippen molar-refractivity contribution >= 4 is 21.6 Å². The molecule has 1 saturated carbocycles. The van der Waals surface area contributed by atoms with Crippen molar-refractivity contribution in [3.05, 3.63) is 47.0 Å². The predicted octanol–water partition coefficient (Wildman–Crippen LogP) is 3.90. The van der Waals surface area contributed by atoms with E-state index in [1.165, 1.54) is 19.5 Å². The van der Waals surface area contributed by atoms with Crippen LogP contribution in [0.2, 0.25) is 0 Å². The Morgan fingerprint density at radius 2 is 1.70 bits per heavy atom. The van der Waals surface area contributed by atoms with Crippen LogP contribution in [-0.4, -0.2) is 27.2 Å². The molecule has 30 heavy (non-hydrogen) atoms. The average Bonchev–Trinajstić information content (AvgIpc) is 3.06. The van der Waals surface area contributed by atoms with Crippen LogP contribution in [-0.2, 0) is 10.0 Å². The lowest BCUT2D eigenvalue weighted by Gasteiger charge is -2.31. The van der Waals surface area contributed by atoms with E-state index < -0.39 is 21.7 Å². The lowest BCUT2D eigenvalue weighted by molar-refractivity contribution is -0.105. The van der Waals surface area contributed by atoms with E-state index in [0.29, 0.717) is 22.7 Å². The molecule has 2 aromatic carbocycles. The fourth-order valence-electron chi connectivity index (χ4n) is 4.02. The molecule has 160 valence electrons. The number of anilines is 1. The summed E-state index contributed by atoms with van der Waals surface area (Å²) in [5.74, 6) is 0.335. The number of fused-ring (bicyclic) bond motifs is 1.